The molecule has 0 aromatic heterocycles. The van der Waals surface area contributed by atoms with Crippen molar-refractivity contribution in [2.45, 2.75) is 157 Å². The fourth-order valence-electron chi connectivity index (χ4n) is 14.1. The molecule has 0 radical (unpaired) electrons. The second-order valence-corrected chi connectivity index (χ2v) is 23.7. The first-order valence-corrected chi connectivity index (χ1v) is 30.8. The van der Waals surface area contributed by atoms with Crippen LogP contribution in [0.5, 0.6) is 0 Å². The van der Waals surface area contributed by atoms with Crippen LogP contribution in [0.15, 0.2) is 146 Å². The first kappa shape index (κ1) is 50.5. The molecule has 0 saturated carbocycles. The number of unbranched alkanes of at least 4 members (excludes halogenated alkanes) is 6. The molecular formula is C78H78. The number of rotatable bonds is 18. The highest BCUT2D eigenvalue weighted by Gasteiger charge is 2.19. The van der Waals surface area contributed by atoms with Gasteiger partial charge in [-0.05, 0) is 276 Å². The minimum atomic E-state index is 1.14. The third kappa shape index (κ3) is 8.74. The fourth-order valence-corrected chi connectivity index (χ4v) is 14.1. The molecule has 390 valence electrons. The second-order valence-electron chi connectivity index (χ2n) is 23.7. The molecule has 78 heavy (non-hydrogen) atoms. The molecule has 0 unspecified atom stereocenters. The zero-order valence-corrected chi connectivity index (χ0v) is 47.6. The number of benzene rings is 12. The normalized spacial score (nSPS) is 12.4. The van der Waals surface area contributed by atoms with Crippen LogP contribution in [-0.2, 0) is 38.5 Å². The van der Waals surface area contributed by atoms with Crippen molar-refractivity contribution in [3.05, 3.63) is 179 Å². The molecule has 0 spiro atoms. The Morgan fingerprint density at radius 2 is 0.308 bits per heavy atom. The summed E-state index contributed by atoms with van der Waals surface area (Å²) in [6.07, 6.45) is 21.3. The zero-order chi connectivity index (χ0) is 53.0. The Labute approximate surface area is 462 Å². The average Bonchev–Trinajstić information content (AvgIpc) is 3.68. The van der Waals surface area contributed by atoms with Crippen LogP contribution in [0.3, 0.4) is 0 Å². The van der Waals surface area contributed by atoms with E-state index in [1.54, 1.807) is 0 Å². The molecular weight excluding hydrogens is 937 g/mol. The maximum absolute atomic E-state index is 2.60. The van der Waals surface area contributed by atoms with Gasteiger partial charge in [0.2, 0.25) is 0 Å². The summed E-state index contributed by atoms with van der Waals surface area (Å²) in [6, 6.07) is 60.3. The van der Waals surface area contributed by atoms with E-state index in [9.17, 15) is 0 Å². The van der Waals surface area contributed by atoms with Gasteiger partial charge in [-0.1, -0.05) is 189 Å². The molecule has 0 nitrogen and oxygen atoms in total. The van der Waals surface area contributed by atoms with Crippen molar-refractivity contribution in [1.82, 2.24) is 0 Å². The van der Waals surface area contributed by atoms with Crippen molar-refractivity contribution in [3.8, 4) is 0 Å². The van der Waals surface area contributed by atoms with Gasteiger partial charge < -0.3 is 0 Å². The molecule has 13 aromatic carbocycles. The summed E-state index contributed by atoms with van der Waals surface area (Å²) in [5.74, 6) is 0. The maximum atomic E-state index is 2.60. The predicted octanol–water partition coefficient (Wildman–Crippen LogP) is 23.6. The summed E-state index contributed by atoms with van der Waals surface area (Å²) in [7, 11) is 0. The molecule has 0 aliphatic rings. The van der Waals surface area contributed by atoms with E-state index < -0.39 is 0 Å². The molecule has 0 amide bonds. The molecule has 0 aliphatic heterocycles. The smallest absolute Gasteiger partial charge is 0.00926 e. The number of fused-ring (bicyclic) bond motifs is 18. The SMILES string of the molecule is CCCCc1cc2c3ccc4cc3c3cc(ccc3c2cc1CCCC)c1ccc2c3cc(CCCC)c(CCCC)cc3c3ccc(cc3c2c1)c1ccc2c3cc(CCCC)c(CCCC)cc3c3ccc4cc3c2c1. The summed E-state index contributed by atoms with van der Waals surface area (Å²) in [5.41, 5.74) is 9.24. The first-order valence-electron chi connectivity index (χ1n) is 30.8. The van der Waals surface area contributed by atoms with Crippen LogP contribution in [0.1, 0.15) is 152 Å². The molecule has 0 N–H and O–H groups in total. The van der Waals surface area contributed by atoms with Crippen LogP contribution in [0.4, 0.5) is 0 Å². The van der Waals surface area contributed by atoms with E-state index in [0.717, 1.165) is 38.5 Å². The highest BCUT2D eigenvalue weighted by molar-refractivity contribution is 6.31. The summed E-state index contributed by atoms with van der Waals surface area (Å²) >= 11 is 0. The predicted molar refractivity (Wildman–Crippen MR) is 348 cm³/mol. The van der Waals surface area contributed by atoms with Crippen LogP contribution in [-0.4, -0.2) is 0 Å². The Balaban J connectivity index is 1.20. The Hall–Kier alpha value is -7.02. The number of hydrogen-bond donors (Lipinski definition) is 0. The van der Waals surface area contributed by atoms with Gasteiger partial charge in [0.1, 0.15) is 0 Å². The lowest BCUT2D eigenvalue weighted by atomic mass is 9.86. The van der Waals surface area contributed by atoms with E-state index in [4.69, 9.17) is 0 Å². The topological polar surface area (TPSA) is 0 Å². The van der Waals surface area contributed by atoms with Gasteiger partial charge in [-0.2, -0.15) is 0 Å². The van der Waals surface area contributed by atoms with Crippen molar-refractivity contribution in [3.63, 3.8) is 0 Å². The van der Waals surface area contributed by atoms with Gasteiger partial charge in [0.15, 0.2) is 0 Å². The summed E-state index contributed by atoms with van der Waals surface area (Å²) < 4.78 is 0. The summed E-state index contributed by atoms with van der Waals surface area (Å²) in [6.45, 7) is 14.0. The zero-order valence-electron chi connectivity index (χ0n) is 47.6. The Morgan fingerprint density at radius 1 is 0.167 bits per heavy atom. The maximum Gasteiger partial charge on any atom is -0.00926 e. The monoisotopic (exact) mass is 1010 g/mol. The molecule has 13 aromatic rings. The standard InChI is InChI=1S/C78H78/c1-7-13-19-49-37-67-61-31-25-55-43-73(61)74-44-56(26-32-62(74)68(67)38-50(49)20-14-8-2)58-28-34-64-70-40-52(22-16-10-4)54(24-18-12-6)42-72(70)66-36-30-60(48-78(66)76(64)46-58)59-29-35-65-71-41-53(23-17-11-5)51(21-15-9-3)39-69(71)63-33-27-57(55)45-75(63)77(65)47-59/h25-48H,7-24H2,1-6H3. The Morgan fingerprint density at radius 3 is 0.449 bits per heavy atom. The minimum absolute atomic E-state index is 1.14. The van der Waals surface area contributed by atoms with Gasteiger partial charge in [0, 0.05) is 0 Å². The van der Waals surface area contributed by atoms with E-state index in [2.05, 4.69) is 187 Å². The molecule has 0 saturated heterocycles. The molecule has 0 heteroatoms. The lowest BCUT2D eigenvalue weighted by Gasteiger charge is -2.18. The van der Waals surface area contributed by atoms with Crippen LogP contribution in [0, 0.1) is 0 Å². The fraction of sp³-hybridized carbons (Fsp3) is 0.308. The van der Waals surface area contributed by atoms with Crippen molar-refractivity contribution in [2.24, 2.45) is 0 Å². The lowest BCUT2D eigenvalue weighted by Crippen LogP contribution is -1.97. The first-order chi connectivity index (χ1) is 38.4. The van der Waals surface area contributed by atoms with Gasteiger partial charge in [0.25, 0.3) is 0 Å². The van der Waals surface area contributed by atoms with Crippen LogP contribution in [0.25, 0.3) is 129 Å². The molecule has 0 atom stereocenters. The number of aryl methyl sites for hydroxylation is 6. The van der Waals surface area contributed by atoms with E-state index in [1.165, 1.54) is 240 Å². The highest BCUT2D eigenvalue weighted by atomic mass is 14.2. The average molecular weight is 1020 g/mol. The van der Waals surface area contributed by atoms with Crippen molar-refractivity contribution < 1.29 is 0 Å². The molecule has 0 fully saturated rings. The Bertz CT molecular complexity index is 3760. The molecule has 0 heterocycles. The molecule has 0 aliphatic carbocycles. The van der Waals surface area contributed by atoms with Crippen molar-refractivity contribution in [1.29, 1.82) is 0 Å². The van der Waals surface area contributed by atoms with Gasteiger partial charge in [0.05, 0.1) is 0 Å². The van der Waals surface area contributed by atoms with Gasteiger partial charge in [-0.3, -0.25) is 0 Å². The van der Waals surface area contributed by atoms with E-state index in [1.807, 2.05) is 0 Å². The van der Waals surface area contributed by atoms with Crippen molar-refractivity contribution >= 4 is 129 Å². The van der Waals surface area contributed by atoms with E-state index in [-0.39, 0.29) is 0 Å². The lowest BCUT2D eigenvalue weighted by molar-refractivity contribution is 0.759. The van der Waals surface area contributed by atoms with Gasteiger partial charge >= 0.3 is 0 Å². The van der Waals surface area contributed by atoms with Crippen molar-refractivity contribution in [2.75, 3.05) is 0 Å². The summed E-state index contributed by atoms with van der Waals surface area (Å²) in [4.78, 5) is 0. The van der Waals surface area contributed by atoms with Gasteiger partial charge in [-0.15, -0.1) is 0 Å². The summed E-state index contributed by atoms with van der Waals surface area (Å²) in [5, 5.41) is 32.1. The minimum Gasteiger partial charge on any atom is -0.0654 e. The third-order valence-corrected chi connectivity index (χ3v) is 18.5. The van der Waals surface area contributed by atoms with E-state index in [0.29, 0.717) is 0 Å². The van der Waals surface area contributed by atoms with Crippen LogP contribution in [0.2, 0.25) is 0 Å². The van der Waals surface area contributed by atoms with Crippen LogP contribution >= 0.6 is 0 Å². The third-order valence-electron chi connectivity index (χ3n) is 18.5. The van der Waals surface area contributed by atoms with E-state index >= 15 is 0 Å². The van der Waals surface area contributed by atoms with Gasteiger partial charge in [-0.25, -0.2) is 0 Å². The molecule has 13 rings (SSSR count). The second kappa shape index (κ2) is 21.3. The van der Waals surface area contributed by atoms with Crippen LogP contribution < -0.4 is 0 Å². The largest absolute Gasteiger partial charge is 0.0654 e. The Kier molecular flexibility index (Phi) is 13.8. The highest BCUT2D eigenvalue weighted by Crippen LogP contribution is 2.44. The molecule has 12 bridgehead atoms. The quantitative estimate of drug-likeness (QED) is 0.0752. The number of hydrogen-bond acceptors (Lipinski definition) is 0.